The Morgan fingerprint density at radius 2 is 1.35 bits per heavy atom. The highest BCUT2D eigenvalue weighted by Gasteiger charge is 2.10. The minimum atomic E-state index is 0.864. The van der Waals surface area contributed by atoms with Gasteiger partial charge in [-0.15, -0.1) is 0 Å². The Bertz CT molecular complexity index is 1230. The second-order valence-corrected chi connectivity index (χ2v) is 7.97. The molecule has 0 aliphatic carbocycles. The van der Waals surface area contributed by atoms with Gasteiger partial charge in [-0.3, -0.25) is 0 Å². The molecule has 2 heterocycles. The maximum absolute atomic E-state index is 4.80. The van der Waals surface area contributed by atoms with Crippen molar-refractivity contribution in [1.29, 1.82) is 0 Å². The topological polar surface area (TPSA) is 20.5 Å². The first-order chi connectivity index (χ1) is 15.2. The van der Waals surface area contributed by atoms with Gasteiger partial charge < -0.3 is 9.30 Å². The van der Waals surface area contributed by atoms with E-state index in [1.165, 1.54) is 22.4 Å². The summed E-state index contributed by atoms with van der Waals surface area (Å²) >= 11 is 0. The standard InChI is InChI=1S/C28H25N3/c1-22-16-17-30-21-27(29-28(30)18-22)25-12-14-26(15-13-25)31(19-23-8-4-2-5-9-23)20-24-10-6-3-7-11-24/h2-18,21H,19-20H2,1H3. The summed E-state index contributed by atoms with van der Waals surface area (Å²) in [4.78, 5) is 7.22. The zero-order valence-electron chi connectivity index (χ0n) is 17.6. The van der Waals surface area contributed by atoms with Crippen molar-refractivity contribution < 1.29 is 0 Å². The molecular formula is C28H25N3. The highest BCUT2D eigenvalue weighted by Crippen LogP contribution is 2.25. The Hall–Kier alpha value is -3.85. The van der Waals surface area contributed by atoms with E-state index in [1.807, 2.05) is 0 Å². The van der Waals surface area contributed by atoms with Gasteiger partial charge >= 0.3 is 0 Å². The van der Waals surface area contributed by atoms with Crippen LogP contribution in [0.2, 0.25) is 0 Å². The molecule has 0 N–H and O–H groups in total. The average molecular weight is 404 g/mol. The number of hydrogen-bond acceptors (Lipinski definition) is 2. The van der Waals surface area contributed by atoms with Gasteiger partial charge in [0.25, 0.3) is 0 Å². The van der Waals surface area contributed by atoms with Crippen LogP contribution in [-0.4, -0.2) is 9.38 Å². The lowest BCUT2D eigenvalue weighted by Gasteiger charge is -2.25. The van der Waals surface area contributed by atoms with Crippen LogP contribution in [0.5, 0.6) is 0 Å². The lowest BCUT2D eigenvalue weighted by Crippen LogP contribution is -2.22. The fraction of sp³-hybridized carbons (Fsp3) is 0.107. The molecule has 0 unspecified atom stereocenters. The van der Waals surface area contributed by atoms with E-state index in [0.29, 0.717) is 0 Å². The molecule has 5 aromatic rings. The average Bonchev–Trinajstić information content (AvgIpc) is 3.23. The van der Waals surface area contributed by atoms with Crippen molar-refractivity contribution in [3.63, 3.8) is 0 Å². The smallest absolute Gasteiger partial charge is 0.137 e. The summed E-state index contributed by atoms with van der Waals surface area (Å²) in [5, 5.41) is 0. The molecule has 3 heteroatoms. The Labute approximate surface area is 183 Å². The summed E-state index contributed by atoms with van der Waals surface area (Å²) in [6.45, 7) is 3.82. The molecule has 0 bridgehead atoms. The van der Waals surface area contributed by atoms with E-state index < -0.39 is 0 Å². The lowest BCUT2D eigenvalue weighted by atomic mass is 10.1. The number of rotatable bonds is 6. The van der Waals surface area contributed by atoms with Crippen molar-refractivity contribution in [3.05, 3.63) is 126 Å². The quantitative estimate of drug-likeness (QED) is 0.322. The summed E-state index contributed by atoms with van der Waals surface area (Å²) in [6.07, 6.45) is 4.16. The summed E-state index contributed by atoms with van der Waals surface area (Å²) < 4.78 is 2.08. The summed E-state index contributed by atoms with van der Waals surface area (Å²) in [6, 6.07) is 34.3. The third kappa shape index (κ3) is 4.36. The number of anilines is 1. The molecule has 3 aromatic carbocycles. The largest absolute Gasteiger partial charge is 0.363 e. The monoisotopic (exact) mass is 403 g/mol. The molecule has 0 aliphatic heterocycles. The number of pyridine rings is 1. The van der Waals surface area contributed by atoms with E-state index in [2.05, 4.69) is 126 Å². The first-order valence-electron chi connectivity index (χ1n) is 10.6. The normalized spacial score (nSPS) is 11.0. The molecule has 152 valence electrons. The van der Waals surface area contributed by atoms with Gasteiger partial charge in [0.15, 0.2) is 0 Å². The minimum Gasteiger partial charge on any atom is -0.363 e. The molecule has 0 atom stereocenters. The highest BCUT2D eigenvalue weighted by atomic mass is 15.1. The van der Waals surface area contributed by atoms with E-state index in [9.17, 15) is 0 Å². The highest BCUT2D eigenvalue weighted by molar-refractivity contribution is 5.66. The number of aryl methyl sites for hydroxylation is 1. The number of fused-ring (bicyclic) bond motifs is 1. The number of aromatic nitrogens is 2. The molecular weight excluding hydrogens is 378 g/mol. The molecule has 0 radical (unpaired) electrons. The molecule has 0 saturated heterocycles. The molecule has 5 rings (SSSR count). The van der Waals surface area contributed by atoms with Gasteiger partial charge in [-0.1, -0.05) is 72.8 Å². The van der Waals surface area contributed by atoms with Gasteiger partial charge in [0.2, 0.25) is 0 Å². The first kappa shape index (κ1) is 19.1. The van der Waals surface area contributed by atoms with Crippen molar-refractivity contribution in [2.45, 2.75) is 20.0 Å². The second kappa shape index (κ2) is 8.49. The van der Waals surface area contributed by atoms with Crippen LogP contribution in [-0.2, 0) is 13.1 Å². The van der Waals surface area contributed by atoms with Crippen LogP contribution in [0.4, 0.5) is 5.69 Å². The predicted molar refractivity (Wildman–Crippen MR) is 128 cm³/mol. The van der Waals surface area contributed by atoms with Crippen LogP contribution in [0.15, 0.2) is 109 Å². The Balaban J connectivity index is 1.44. The number of hydrogen-bond donors (Lipinski definition) is 0. The van der Waals surface area contributed by atoms with Crippen LogP contribution in [0.3, 0.4) is 0 Å². The minimum absolute atomic E-state index is 0.864. The molecule has 3 nitrogen and oxygen atoms in total. The Morgan fingerprint density at radius 1 is 0.742 bits per heavy atom. The number of nitrogens with zero attached hydrogens (tertiary/aromatic N) is 3. The Morgan fingerprint density at radius 3 is 1.97 bits per heavy atom. The fourth-order valence-corrected chi connectivity index (χ4v) is 3.91. The maximum atomic E-state index is 4.80. The molecule has 0 fully saturated rings. The number of imidazole rings is 1. The van der Waals surface area contributed by atoms with E-state index >= 15 is 0 Å². The zero-order valence-corrected chi connectivity index (χ0v) is 17.6. The van der Waals surface area contributed by atoms with E-state index in [-0.39, 0.29) is 0 Å². The zero-order chi connectivity index (χ0) is 21.0. The van der Waals surface area contributed by atoms with Crippen molar-refractivity contribution in [1.82, 2.24) is 9.38 Å². The molecule has 0 aliphatic rings. The van der Waals surface area contributed by atoms with Crippen molar-refractivity contribution in [3.8, 4) is 11.3 Å². The third-order valence-electron chi connectivity index (χ3n) is 5.58. The van der Waals surface area contributed by atoms with Crippen LogP contribution < -0.4 is 4.90 Å². The summed E-state index contributed by atoms with van der Waals surface area (Å²) in [5.74, 6) is 0. The molecule has 0 spiro atoms. The van der Waals surface area contributed by atoms with Crippen LogP contribution >= 0.6 is 0 Å². The van der Waals surface area contributed by atoms with Crippen molar-refractivity contribution >= 4 is 11.3 Å². The first-order valence-corrected chi connectivity index (χ1v) is 10.6. The van der Waals surface area contributed by atoms with Gasteiger partial charge in [0, 0.05) is 36.7 Å². The van der Waals surface area contributed by atoms with Gasteiger partial charge in [-0.2, -0.15) is 0 Å². The van der Waals surface area contributed by atoms with Crippen LogP contribution in [0, 0.1) is 6.92 Å². The van der Waals surface area contributed by atoms with Crippen LogP contribution in [0.1, 0.15) is 16.7 Å². The molecule has 31 heavy (non-hydrogen) atoms. The fourth-order valence-electron chi connectivity index (χ4n) is 3.91. The molecule has 2 aromatic heterocycles. The predicted octanol–water partition coefficient (Wildman–Crippen LogP) is 6.52. The SMILES string of the molecule is Cc1ccn2cc(-c3ccc(N(Cc4ccccc4)Cc4ccccc4)cc3)nc2c1. The van der Waals surface area contributed by atoms with Crippen molar-refractivity contribution in [2.24, 2.45) is 0 Å². The second-order valence-electron chi connectivity index (χ2n) is 7.97. The number of benzene rings is 3. The van der Waals surface area contributed by atoms with E-state index in [1.54, 1.807) is 0 Å². The summed E-state index contributed by atoms with van der Waals surface area (Å²) in [5.41, 5.74) is 8.14. The Kier molecular flexibility index (Phi) is 5.24. The molecule has 0 saturated carbocycles. The maximum Gasteiger partial charge on any atom is 0.137 e. The summed E-state index contributed by atoms with van der Waals surface area (Å²) in [7, 11) is 0. The lowest BCUT2D eigenvalue weighted by molar-refractivity contribution is 0.800. The van der Waals surface area contributed by atoms with E-state index in [0.717, 1.165) is 30.0 Å². The van der Waals surface area contributed by atoms with Gasteiger partial charge in [-0.05, 0) is 47.9 Å². The van der Waals surface area contributed by atoms with Gasteiger partial charge in [0.05, 0.1) is 5.69 Å². The van der Waals surface area contributed by atoms with Gasteiger partial charge in [-0.25, -0.2) is 4.98 Å². The van der Waals surface area contributed by atoms with Gasteiger partial charge in [0.1, 0.15) is 5.65 Å². The third-order valence-corrected chi connectivity index (χ3v) is 5.58. The van der Waals surface area contributed by atoms with E-state index in [4.69, 9.17) is 4.98 Å². The van der Waals surface area contributed by atoms with Crippen molar-refractivity contribution in [2.75, 3.05) is 4.90 Å². The molecule has 0 amide bonds. The van der Waals surface area contributed by atoms with Crippen LogP contribution in [0.25, 0.3) is 16.9 Å².